The van der Waals surface area contributed by atoms with E-state index in [1.165, 1.54) is 55.6 Å². The third-order valence-electron chi connectivity index (χ3n) is 6.92. The standard InChI is InChI=1S/C29H20N2/c1-3-10-21-19(8-1)16-26-23(21)12-6-13-24(26)27-17-28(31-30-27)25-14-5-9-20-15-18-7-2-4-11-22(18)29(20)25/h1-14H,15-17H2. The van der Waals surface area contributed by atoms with Crippen LogP contribution in [0.15, 0.2) is 95.1 Å². The van der Waals surface area contributed by atoms with Crippen molar-refractivity contribution in [2.45, 2.75) is 19.3 Å². The Hall–Kier alpha value is -3.78. The monoisotopic (exact) mass is 396 g/mol. The molecule has 31 heavy (non-hydrogen) atoms. The number of benzene rings is 4. The summed E-state index contributed by atoms with van der Waals surface area (Å²) in [7, 11) is 0. The molecule has 3 aliphatic rings. The van der Waals surface area contributed by atoms with Gasteiger partial charge in [-0.3, -0.25) is 0 Å². The molecule has 2 heteroatoms. The molecule has 0 radical (unpaired) electrons. The van der Waals surface area contributed by atoms with Gasteiger partial charge in [0.05, 0.1) is 11.4 Å². The van der Waals surface area contributed by atoms with Gasteiger partial charge in [0.15, 0.2) is 0 Å². The maximum absolute atomic E-state index is 4.69. The molecule has 146 valence electrons. The number of hydrogen-bond acceptors (Lipinski definition) is 2. The maximum atomic E-state index is 4.69. The summed E-state index contributed by atoms with van der Waals surface area (Å²) in [6.45, 7) is 0. The van der Waals surface area contributed by atoms with E-state index >= 15 is 0 Å². The molecule has 0 unspecified atom stereocenters. The molecule has 0 bridgehead atoms. The Bertz CT molecular complexity index is 1460. The van der Waals surface area contributed by atoms with Crippen LogP contribution in [-0.2, 0) is 12.8 Å². The fourth-order valence-corrected chi connectivity index (χ4v) is 5.51. The van der Waals surface area contributed by atoms with Crippen LogP contribution in [0.3, 0.4) is 0 Å². The molecular weight excluding hydrogens is 376 g/mol. The van der Waals surface area contributed by atoms with E-state index in [-0.39, 0.29) is 0 Å². The Morgan fingerprint density at radius 1 is 0.419 bits per heavy atom. The largest absolute Gasteiger partial charge is 0.154 e. The molecule has 0 amide bonds. The lowest BCUT2D eigenvalue weighted by Gasteiger charge is -2.11. The summed E-state index contributed by atoms with van der Waals surface area (Å²) in [5, 5.41) is 9.38. The zero-order valence-corrected chi connectivity index (χ0v) is 17.1. The Labute approximate surface area is 181 Å². The molecular formula is C29H20N2. The molecule has 2 nitrogen and oxygen atoms in total. The summed E-state index contributed by atoms with van der Waals surface area (Å²) in [6, 6.07) is 30.7. The average molecular weight is 396 g/mol. The van der Waals surface area contributed by atoms with Crippen LogP contribution in [0, 0.1) is 0 Å². The second-order valence-electron chi connectivity index (χ2n) is 8.61. The first kappa shape index (κ1) is 17.0. The van der Waals surface area contributed by atoms with Crippen LogP contribution in [-0.4, -0.2) is 11.4 Å². The molecule has 2 aliphatic carbocycles. The highest BCUT2D eigenvalue weighted by Crippen LogP contribution is 2.41. The normalized spacial score (nSPS) is 15.1. The van der Waals surface area contributed by atoms with E-state index in [9.17, 15) is 0 Å². The first-order chi connectivity index (χ1) is 15.4. The summed E-state index contributed by atoms with van der Waals surface area (Å²) in [5.74, 6) is 0. The van der Waals surface area contributed by atoms with Gasteiger partial charge in [0, 0.05) is 17.5 Å². The second kappa shape index (κ2) is 6.36. The van der Waals surface area contributed by atoms with Crippen LogP contribution < -0.4 is 0 Å². The van der Waals surface area contributed by atoms with Gasteiger partial charge in [-0.1, -0.05) is 84.9 Å². The first-order valence-electron chi connectivity index (χ1n) is 10.9. The van der Waals surface area contributed by atoms with Crippen LogP contribution in [0.1, 0.15) is 39.8 Å². The summed E-state index contributed by atoms with van der Waals surface area (Å²) in [6.07, 6.45) is 2.76. The van der Waals surface area contributed by atoms with E-state index in [1.807, 2.05) is 0 Å². The predicted molar refractivity (Wildman–Crippen MR) is 127 cm³/mol. The highest BCUT2D eigenvalue weighted by atomic mass is 15.2. The van der Waals surface area contributed by atoms with E-state index in [0.29, 0.717) is 0 Å². The highest BCUT2D eigenvalue weighted by Gasteiger charge is 2.28. The summed E-state index contributed by atoms with van der Waals surface area (Å²) in [4.78, 5) is 0. The fourth-order valence-electron chi connectivity index (χ4n) is 5.51. The van der Waals surface area contributed by atoms with Gasteiger partial charge in [-0.15, -0.1) is 0 Å². The van der Waals surface area contributed by atoms with E-state index in [0.717, 1.165) is 30.7 Å². The molecule has 0 spiro atoms. The van der Waals surface area contributed by atoms with Crippen LogP contribution in [0.2, 0.25) is 0 Å². The molecule has 4 aromatic rings. The fraction of sp³-hybridized carbons (Fsp3) is 0.103. The van der Waals surface area contributed by atoms with Gasteiger partial charge in [0.1, 0.15) is 0 Å². The molecule has 0 N–H and O–H groups in total. The lowest BCUT2D eigenvalue weighted by Crippen LogP contribution is -2.09. The van der Waals surface area contributed by atoms with Crippen molar-refractivity contribution in [2.75, 3.05) is 0 Å². The van der Waals surface area contributed by atoms with Gasteiger partial charge in [-0.25, -0.2) is 0 Å². The number of hydrogen-bond donors (Lipinski definition) is 0. The topological polar surface area (TPSA) is 24.7 Å². The van der Waals surface area contributed by atoms with E-state index in [1.54, 1.807) is 0 Å². The summed E-state index contributed by atoms with van der Waals surface area (Å²) >= 11 is 0. The van der Waals surface area contributed by atoms with Crippen molar-refractivity contribution in [3.63, 3.8) is 0 Å². The van der Waals surface area contributed by atoms with Gasteiger partial charge in [0.2, 0.25) is 0 Å². The van der Waals surface area contributed by atoms with Crippen LogP contribution in [0.5, 0.6) is 0 Å². The van der Waals surface area contributed by atoms with Crippen molar-refractivity contribution in [3.05, 3.63) is 118 Å². The summed E-state index contributed by atoms with van der Waals surface area (Å²) in [5.41, 5.74) is 15.6. The van der Waals surface area contributed by atoms with Crippen molar-refractivity contribution < 1.29 is 0 Å². The zero-order valence-electron chi connectivity index (χ0n) is 17.1. The Kier molecular flexibility index (Phi) is 3.48. The maximum Gasteiger partial charge on any atom is 0.0769 e. The van der Waals surface area contributed by atoms with Gasteiger partial charge in [-0.05, 0) is 57.3 Å². The van der Waals surface area contributed by atoms with Gasteiger partial charge in [-0.2, -0.15) is 10.2 Å². The molecule has 0 saturated carbocycles. The molecule has 1 aliphatic heterocycles. The van der Waals surface area contributed by atoms with Crippen LogP contribution in [0.25, 0.3) is 22.3 Å². The minimum Gasteiger partial charge on any atom is -0.154 e. The van der Waals surface area contributed by atoms with E-state index in [4.69, 9.17) is 10.2 Å². The SMILES string of the molecule is c1ccc2c(c1)Cc1c(C3=NN=C(c4cccc5c4-c4ccccc4C5)C3)cccc1-2. The number of rotatable bonds is 2. The van der Waals surface area contributed by atoms with Crippen LogP contribution >= 0.6 is 0 Å². The van der Waals surface area contributed by atoms with Crippen molar-refractivity contribution in [3.8, 4) is 22.3 Å². The quantitative estimate of drug-likeness (QED) is 0.322. The lowest BCUT2D eigenvalue weighted by molar-refractivity contribution is 1.23. The molecule has 0 atom stereocenters. The lowest BCUT2D eigenvalue weighted by atomic mass is 9.91. The smallest absolute Gasteiger partial charge is 0.0769 e. The van der Waals surface area contributed by atoms with E-state index in [2.05, 4.69) is 84.9 Å². The number of fused-ring (bicyclic) bond motifs is 6. The van der Waals surface area contributed by atoms with Gasteiger partial charge >= 0.3 is 0 Å². The Morgan fingerprint density at radius 3 is 1.87 bits per heavy atom. The minimum atomic E-state index is 0.783. The third-order valence-corrected chi connectivity index (χ3v) is 6.92. The number of nitrogens with zero attached hydrogens (tertiary/aromatic N) is 2. The average Bonchev–Trinajstić information content (AvgIpc) is 3.53. The minimum absolute atomic E-state index is 0.783. The molecule has 0 aromatic heterocycles. The van der Waals surface area contributed by atoms with Crippen molar-refractivity contribution in [1.29, 1.82) is 0 Å². The highest BCUT2D eigenvalue weighted by molar-refractivity contribution is 6.23. The molecule has 0 fully saturated rings. The first-order valence-corrected chi connectivity index (χ1v) is 10.9. The van der Waals surface area contributed by atoms with Gasteiger partial charge < -0.3 is 0 Å². The predicted octanol–water partition coefficient (Wildman–Crippen LogP) is 6.43. The molecule has 4 aromatic carbocycles. The molecule has 0 saturated heterocycles. The summed E-state index contributed by atoms with van der Waals surface area (Å²) < 4.78 is 0. The Balaban J connectivity index is 1.26. The van der Waals surface area contributed by atoms with E-state index < -0.39 is 0 Å². The zero-order chi connectivity index (χ0) is 20.4. The third kappa shape index (κ3) is 2.45. The van der Waals surface area contributed by atoms with Gasteiger partial charge in [0.25, 0.3) is 0 Å². The van der Waals surface area contributed by atoms with Crippen molar-refractivity contribution in [1.82, 2.24) is 0 Å². The second-order valence-corrected chi connectivity index (χ2v) is 8.61. The molecule has 1 heterocycles. The van der Waals surface area contributed by atoms with Crippen LogP contribution in [0.4, 0.5) is 0 Å². The molecule has 7 rings (SSSR count). The Morgan fingerprint density at radius 2 is 1.00 bits per heavy atom. The van der Waals surface area contributed by atoms with Crippen molar-refractivity contribution in [2.24, 2.45) is 10.2 Å². The van der Waals surface area contributed by atoms with Crippen molar-refractivity contribution >= 4 is 11.4 Å².